The number of aromatic nitrogens is 4. The second kappa shape index (κ2) is 7.41. The van der Waals surface area contributed by atoms with Gasteiger partial charge in [-0.3, -0.25) is 13.9 Å². The van der Waals surface area contributed by atoms with E-state index in [0.29, 0.717) is 35.6 Å². The summed E-state index contributed by atoms with van der Waals surface area (Å²) in [4.78, 5) is 19.6. The van der Waals surface area contributed by atoms with Gasteiger partial charge in [0.25, 0.3) is 5.91 Å². The highest BCUT2D eigenvalue weighted by Gasteiger charge is 2.44. The van der Waals surface area contributed by atoms with Crippen LogP contribution in [0.15, 0.2) is 36.7 Å². The van der Waals surface area contributed by atoms with Crippen molar-refractivity contribution in [1.82, 2.24) is 24.1 Å². The van der Waals surface area contributed by atoms with Gasteiger partial charge in [-0.15, -0.1) is 0 Å². The zero-order valence-electron chi connectivity index (χ0n) is 18.1. The molecule has 2 atom stereocenters. The number of carbonyl (C=O) groups is 1. The summed E-state index contributed by atoms with van der Waals surface area (Å²) in [5, 5.41) is 4.63. The fraction of sp³-hybridized carbons (Fsp3) is 0.292. The molecule has 34 heavy (non-hydrogen) atoms. The summed E-state index contributed by atoms with van der Waals surface area (Å²) < 4.78 is 58.2. The molecule has 0 spiro atoms. The van der Waals surface area contributed by atoms with Crippen molar-refractivity contribution < 1.29 is 22.4 Å². The van der Waals surface area contributed by atoms with E-state index >= 15 is 0 Å². The molecule has 0 saturated carbocycles. The molecule has 1 saturated heterocycles. The van der Waals surface area contributed by atoms with E-state index in [9.17, 15) is 22.4 Å². The number of aryl methyl sites for hydroxylation is 1. The zero-order valence-corrected chi connectivity index (χ0v) is 18.1. The standard InChI is InChI=1S/C24H19F4N5O/c1-31-23(12-7-16(26)21(28)17(27)8-12)15-10-14-3-2-4-18(22(15)30-31)33(14)24(34)19-11-29-20-9-13(25)5-6-32(19)20/h5-9,11,14,18H,2-4,10H2,1H3/t14-,18+/m0/s1. The zero-order chi connectivity index (χ0) is 23.7. The lowest BCUT2D eigenvalue weighted by Crippen LogP contribution is -2.50. The molecule has 2 bridgehead atoms. The van der Waals surface area contributed by atoms with Crippen LogP contribution in [0.25, 0.3) is 16.9 Å². The lowest BCUT2D eigenvalue weighted by Gasteiger charge is -2.45. The number of carbonyl (C=O) groups excluding carboxylic acids is 1. The predicted molar refractivity (Wildman–Crippen MR) is 114 cm³/mol. The van der Waals surface area contributed by atoms with Crippen molar-refractivity contribution >= 4 is 11.6 Å². The Labute approximate surface area is 191 Å². The summed E-state index contributed by atoms with van der Waals surface area (Å²) in [7, 11) is 1.67. The van der Waals surface area contributed by atoms with Crippen molar-refractivity contribution in [2.75, 3.05) is 0 Å². The summed E-state index contributed by atoms with van der Waals surface area (Å²) in [6, 6.07) is 4.00. The molecule has 0 unspecified atom stereocenters. The fourth-order valence-electron chi connectivity index (χ4n) is 5.45. The van der Waals surface area contributed by atoms with E-state index in [2.05, 4.69) is 10.1 Å². The summed E-state index contributed by atoms with van der Waals surface area (Å²) in [5.41, 5.74) is 2.87. The molecule has 174 valence electrons. The average molecular weight is 469 g/mol. The van der Waals surface area contributed by atoms with Gasteiger partial charge in [-0.1, -0.05) is 0 Å². The minimum atomic E-state index is -1.51. The molecular formula is C24H19F4N5O. The first kappa shape index (κ1) is 20.9. The number of imidazole rings is 1. The molecule has 2 aliphatic heterocycles. The molecule has 10 heteroatoms. The number of hydrogen-bond acceptors (Lipinski definition) is 3. The molecular weight excluding hydrogens is 450 g/mol. The number of benzene rings is 1. The number of hydrogen-bond donors (Lipinski definition) is 0. The average Bonchev–Trinajstić information content (AvgIpc) is 3.36. The maximum absolute atomic E-state index is 14.0. The minimum Gasteiger partial charge on any atom is -0.325 e. The van der Waals surface area contributed by atoms with Gasteiger partial charge in [0.15, 0.2) is 17.5 Å². The molecule has 6 nitrogen and oxygen atoms in total. The number of fused-ring (bicyclic) bond motifs is 5. The van der Waals surface area contributed by atoms with Gasteiger partial charge < -0.3 is 4.90 Å². The highest BCUT2D eigenvalue weighted by atomic mass is 19.2. The van der Waals surface area contributed by atoms with Crippen LogP contribution in [-0.4, -0.2) is 36.0 Å². The Morgan fingerprint density at radius 2 is 1.85 bits per heavy atom. The molecule has 0 radical (unpaired) electrons. The van der Waals surface area contributed by atoms with Crippen LogP contribution < -0.4 is 0 Å². The van der Waals surface area contributed by atoms with Gasteiger partial charge in [-0.2, -0.15) is 5.10 Å². The van der Waals surface area contributed by atoms with Crippen LogP contribution in [0.1, 0.15) is 47.1 Å². The quantitative estimate of drug-likeness (QED) is 0.319. The van der Waals surface area contributed by atoms with E-state index in [1.807, 2.05) is 0 Å². The third-order valence-corrected chi connectivity index (χ3v) is 6.86. The smallest absolute Gasteiger partial charge is 0.273 e. The Hall–Kier alpha value is -3.69. The Morgan fingerprint density at radius 1 is 1.09 bits per heavy atom. The molecule has 2 aliphatic rings. The summed E-state index contributed by atoms with van der Waals surface area (Å²) in [5.74, 6) is -4.71. The second-order valence-electron chi connectivity index (χ2n) is 8.82. The maximum atomic E-state index is 14.0. The Bertz CT molecular complexity index is 1450. The normalized spacial score (nSPS) is 19.5. The van der Waals surface area contributed by atoms with Crippen LogP contribution >= 0.6 is 0 Å². The van der Waals surface area contributed by atoms with Crippen molar-refractivity contribution in [1.29, 1.82) is 0 Å². The molecule has 1 aromatic carbocycles. The van der Waals surface area contributed by atoms with Crippen LogP contribution in [0.3, 0.4) is 0 Å². The largest absolute Gasteiger partial charge is 0.325 e. The first-order chi connectivity index (χ1) is 16.3. The first-order valence-electron chi connectivity index (χ1n) is 11.0. The summed E-state index contributed by atoms with van der Waals surface area (Å²) >= 11 is 0. The van der Waals surface area contributed by atoms with Gasteiger partial charge in [0, 0.05) is 36.5 Å². The number of amides is 1. The van der Waals surface area contributed by atoms with E-state index in [-0.39, 0.29) is 23.6 Å². The van der Waals surface area contributed by atoms with Crippen LogP contribution in [-0.2, 0) is 13.5 Å². The number of nitrogens with zero attached hydrogens (tertiary/aromatic N) is 5. The van der Waals surface area contributed by atoms with E-state index in [1.54, 1.807) is 16.3 Å². The van der Waals surface area contributed by atoms with Crippen molar-refractivity contribution in [3.63, 3.8) is 0 Å². The van der Waals surface area contributed by atoms with Crippen molar-refractivity contribution in [2.24, 2.45) is 7.05 Å². The molecule has 1 fully saturated rings. The number of rotatable bonds is 2. The highest BCUT2D eigenvalue weighted by molar-refractivity contribution is 5.94. The van der Waals surface area contributed by atoms with E-state index in [4.69, 9.17) is 0 Å². The van der Waals surface area contributed by atoms with Gasteiger partial charge in [-0.05, 0) is 43.9 Å². The summed E-state index contributed by atoms with van der Waals surface area (Å²) in [6.45, 7) is 0. The van der Waals surface area contributed by atoms with Crippen molar-refractivity contribution in [3.8, 4) is 11.3 Å². The molecule has 1 amide bonds. The van der Waals surface area contributed by atoms with Crippen LogP contribution in [0.4, 0.5) is 17.6 Å². The Kier molecular flexibility index (Phi) is 4.55. The number of halogens is 4. The molecule has 3 aromatic heterocycles. The number of pyridine rings is 1. The van der Waals surface area contributed by atoms with E-state index < -0.39 is 23.3 Å². The van der Waals surface area contributed by atoms with Crippen LogP contribution in [0, 0.1) is 23.3 Å². The van der Waals surface area contributed by atoms with E-state index in [0.717, 1.165) is 30.5 Å². The van der Waals surface area contributed by atoms with Crippen LogP contribution in [0.5, 0.6) is 0 Å². The van der Waals surface area contributed by atoms with Gasteiger partial charge in [-0.25, -0.2) is 22.5 Å². The topological polar surface area (TPSA) is 55.4 Å². The summed E-state index contributed by atoms with van der Waals surface area (Å²) in [6.07, 6.45) is 5.72. The second-order valence-corrected chi connectivity index (χ2v) is 8.82. The van der Waals surface area contributed by atoms with Crippen molar-refractivity contribution in [2.45, 2.75) is 37.8 Å². The lowest BCUT2D eigenvalue weighted by molar-refractivity contribution is 0.0385. The molecule has 6 rings (SSSR count). The van der Waals surface area contributed by atoms with Gasteiger partial charge in [0.05, 0.1) is 23.6 Å². The Morgan fingerprint density at radius 3 is 2.62 bits per heavy atom. The molecule has 0 N–H and O–H groups in total. The van der Waals surface area contributed by atoms with Gasteiger partial charge in [0.2, 0.25) is 0 Å². The maximum Gasteiger partial charge on any atom is 0.273 e. The first-order valence-corrected chi connectivity index (χ1v) is 11.0. The SMILES string of the molecule is Cn1nc2c(c1-c1cc(F)c(F)c(F)c1)C[C@@H]1CCC[C@H]2N1C(=O)c1cnc2cc(F)ccn12. The lowest BCUT2D eigenvalue weighted by atomic mass is 9.81. The van der Waals surface area contributed by atoms with Gasteiger partial charge in [0.1, 0.15) is 17.2 Å². The Balaban J connectivity index is 1.44. The molecule has 4 aromatic rings. The molecule has 5 heterocycles. The number of piperidine rings is 1. The van der Waals surface area contributed by atoms with Gasteiger partial charge >= 0.3 is 0 Å². The fourth-order valence-corrected chi connectivity index (χ4v) is 5.45. The van der Waals surface area contributed by atoms with E-state index in [1.165, 1.54) is 29.2 Å². The monoisotopic (exact) mass is 469 g/mol. The molecule has 0 aliphatic carbocycles. The third-order valence-electron chi connectivity index (χ3n) is 6.86. The highest BCUT2D eigenvalue weighted by Crippen LogP contribution is 2.45. The predicted octanol–water partition coefficient (Wildman–Crippen LogP) is 4.58. The van der Waals surface area contributed by atoms with Crippen molar-refractivity contribution in [3.05, 3.63) is 76.9 Å². The minimum absolute atomic E-state index is 0.150. The van der Waals surface area contributed by atoms with Crippen LogP contribution in [0.2, 0.25) is 0 Å². The third kappa shape index (κ3) is 2.97.